The first-order valence-electron chi connectivity index (χ1n) is 9.44. The number of nitrogens with zero attached hydrogens (tertiary/aromatic N) is 2. The third-order valence-corrected chi connectivity index (χ3v) is 5.86. The van der Waals surface area contributed by atoms with Crippen LogP contribution in [0.15, 0.2) is 24.3 Å². The average Bonchev–Trinajstić information content (AvgIpc) is 2.93. The second-order valence-electron chi connectivity index (χ2n) is 7.41. The van der Waals surface area contributed by atoms with Crippen molar-refractivity contribution in [3.8, 4) is 0 Å². The monoisotopic (exact) mass is 340 g/mol. The van der Waals surface area contributed by atoms with E-state index < -0.39 is 0 Å². The van der Waals surface area contributed by atoms with Crippen LogP contribution in [0.3, 0.4) is 0 Å². The van der Waals surface area contributed by atoms with Gasteiger partial charge in [0.25, 0.3) is 5.91 Å². The van der Waals surface area contributed by atoms with Gasteiger partial charge in [0.1, 0.15) is 0 Å². The maximum Gasteiger partial charge on any atom is 0.253 e. The molecule has 3 amide bonds. The summed E-state index contributed by atoms with van der Waals surface area (Å²) in [5.74, 6) is -0.375. The van der Waals surface area contributed by atoms with Gasteiger partial charge in [0.05, 0.1) is 17.5 Å². The number of likely N-dealkylation sites (tertiary alicyclic amines) is 1. The zero-order valence-electron chi connectivity index (χ0n) is 14.4. The van der Waals surface area contributed by atoms with Crippen molar-refractivity contribution in [3.05, 3.63) is 29.8 Å². The summed E-state index contributed by atoms with van der Waals surface area (Å²) in [6.45, 7) is 1.63. The molecular formula is C20H24N2O3. The summed E-state index contributed by atoms with van der Waals surface area (Å²) < 4.78 is 0. The highest BCUT2D eigenvalue weighted by molar-refractivity contribution is 6.22. The van der Waals surface area contributed by atoms with Crippen LogP contribution >= 0.6 is 0 Å². The third kappa shape index (κ3) is 2.86. The molecule has 132 valence electrons. The van der Waals surface area contributed by atoms with Crippen molar-refractivity contribution >= 4 is 23.4 Å². The standard InChI is InChI=1S/C20H24N2O3/c23-18(21-12-4-1-5-13-21)14-8-10-15(11-9-14)22-19(24)16-6-2-3-7-17(16)20(22)25/h8-11,16-17H,1-7,12-13H2/t16-,17-/m0/s1. The van der Waals surface area contributed by atoms with E-state index in [-0.39, 0.29) is 29.6 Å². The predicted molar refractivity (Wildman–Crippen MR) is 94.1 cm³/mol. The van der Waals surface area contributed by atoms with Gasteiger partial charge in [0.2, 0.25) is 11.8 Å². The highest BCUT2D eigenvalue weighted by atomic mass is 16.2. The Morgan fingerprint density at radius 2 is 1.36 bits per heavy atom. The van der Waals surface area contributed by atoms with Crippen molar-refractivity contribution in [2.75, 3.05) is 18.0 Å². The summed E-state index contributed by atoms with van der Waals surface area (Å²) in [5, 5.41) is 0. The smallest absolute Gasteiger partial charge is 0.253 e. The Labute approximate surface area is 148 Å². The summed E-state index contributed by atoms with van der Waals surface area (Å²) in [5.41, 5.74) is 1.22. The minimum Gasteiger partial charge on any atom is -0.339 e. The number of hydrogen-bond acceptors (Lipinski definition) is 3. The molecule has 0 N–H and O–H groups in total. The number of hydrogen-bond donors (Lipinski definition) is 0. The Hall–Kier alpha value is -2.17. The van der Waals surface area contributed by atoms with E-state index in [2.05, 4.69) is 0 Å². The summed E-state index contributed by atoms with van der Waals surface area (Å²) in [6.07, 6.45) is 6.99. The van der Waals surface area contributed by atoms with Gasteiger partial charge in [-0.05, 0) is 56.4 Å². The van der Waals surface area contributed by atoms with Crippen LogP contribution in [0, 0.1) is 11.8 Å². The number of rotatable bonds is 2. The summed E-state index contributed by atoms with van der Waals surface area (Å²) in [7, 11) is 0. The SMILES string of the molecule is O=C(c1ccc(N2C(=O)[C@H]3CCCC[C@@H]3C2=O)cc1)N1CCCCC1. The van der Waals surface area contributed by atoms with Gasteiger partial charge in [-0.3, -0.25) is 19.3 Å². The number of benzene rings is 1. The molecule has 1 aromatic carbocycles. The van der Waals surface area contributed by atoms with Crippen molar-refractivity contribution in [2.24, 2.45) is 11.8 Å². The molecule has 25 heavy (non-hydrogen) atoms. The number of imide groups is 1. The van der Waals surface area contributed by atoms with E-state index in [9.17, 15) is 14.4 Å². The zero-order chi connectivity index (χ0) is 17.4. The normalized spacial score (nSPS) is 26.7. The quantitative estimate of drug-likeness (QED) is 0.778. The van der Waals surface area contributed by atoms with Crippen molar-refractivity contribution in [1.82, 2.24) is 4.90 Å². The molecule has 2 saturated heterocycles. The molecule has 2 aliphatic heterocycles. The minimum atomic E-state index is -0.143. The molecule has 0 aromatic heterocycles. The van der Waals surface area contributed by atoms with Gasteiger partial charge in [-0.1, -0.05) is 12.8 Å². The van der Waals surface area contributed by atoms with E-state index in [0.29, 0.717) is 11.3 Å². The van der Waals surface area contributed by atoms with E-state index >= 15 is 0 Å². The van der Waals surface area contributed by atoms with Crippen LogP contribution in [-0.4, -0.2) is 35.7 Å². The van der Waals surface area contributed by atoms with Gasteiger partial charge in [-0.25, -0.2) is 0 Å². The Bertz CT molecular complexity index is 667. The zero-order valence-corrected chi connectivity index (χ0v) is 14.4. The minimum absolute atomic E-state index is 0.0407. The number of anilines is 1. The number of fused-ring (bicyclic) bond motifs is 1. The first kappa shape index (κ1) is 16.3. The Kier molecular flexibility index (Phi) is 4.32. The molecule has 1 saturated carbocycles. The van der Waals surface area contributed by atoms with Crippen molar-refractivity contribution < 1.29 is 14.4 Å². The van der Waals surface area contributed by atoms with Crippen LogP contribution in [0.25, 0.3) is 0 Å². The molecule has 0 unspecified atom stereocenters. The lowest BCUT2D eigenvalue weighted by atomic mass is 9.81. The first-order chi connectivity index (χ1) is 12.2. The molecular weight excluding hydrogens is 316 g/mol. The summed E-state index contributed by atoms with van der Waals surface area (Å²) >= 11 is 0. The van der Waals surface area contributed by atoms with Gasteiger partial charge >= 0.3 is 0 Å². The lowest BCUT2D eigenvalue weighted by Crippen LogP contribution is -2.35. The van der Waals surface area contributed by atoms with Crippen molar-refractivity contribution in [2.45, 2.75) is 44.9 Å². The molecule has 5 heteroatoms. The molecule has 1 aromatic rings. The third-order valence-electron chi connectivity index (χ3n) is 5.86. The van der Waals surface area contributed by atoms with Gasteiger partial charge in [0.15, 0.2) is 0 Å². The van der Waals surface area contributed by atoms with E-state index in [1.807, 2.05) is 4.90 Å². The fourth-order valence-corrected chi connectivity index (χ4v) is 4.45. The molecule has 0 bridgehead atoms. The van der Waals surface area contributed by atoms with Crippen LogP contribution < -0.4 is 4.90 Å². The average molecular weight is 340 g/mol. The number of amides is 3. The van der Waals surface area contributed by atoms with Gasteiger partial charge in [0, 0.05) is 18.7 Å². The predicted octanol–water partition coefficient (Wildman–Crippen LogP) is 2.99. The van der Waals surface area contributed by atoms with E-state index in [1.54, 1.807) is 24.3 Å². The fraction of sp³-hybridized carbons (Fsp3) is 0.550. The highest BCUT2D eigenvalue weighted by Gasteiger charge is 2.48. The number of piperidine rings is 1. The fourth-order valence-electron chi connectivity index (χ4n) is 4.45. The lowest BCUT2D eigenvalue weighted by Gasteiger charge is -2.26. The van der Waals surface area contributed by atoms with E-state index in [0.717, 1.165) is 51.6 Å². The van der Waals surface area contributed by atoms with E-state index in [4.69, 9.17) is 0 Å². The second-order valence-corrected chi connectivity index (χ2v) is 7.41. The van der Waals surface area contributed by atoms with Crippen LogP contribution in [-0.2, 0) is 9.59 Å². The van der Waals surface area contributed by atoms with Gasteiger partial charge in [-0.15, -0.1) is 0 Å². The van der Waals surface area contributed by atoms with Gasteiger partial charge in [-0.2, -0.15) is 0 Å². The molecule has 3 fully saturated rings. The first-order valence-corrected chi connectivity index (χ1v) is 9.44. The van der Waals surface area contributed by atoms with Crippen LogP contribution in [0.5, 0.6) is 0 Å². The Morgan fingerprint density at radius 1 is 0.800 bits per heavy atom. The molecule has 5 nitrogen and oxygen atoms in total. The molecule has 2 heterocycles. The summed E-state index contributed by atoms with van der Waals surface area (Å²) in [6, 6.07) is 6.97. The second kappa shape index (κ2) is 6.62. The Morgan fingerprint density at radius 3 is 1.92 bits per heavy atom. The van der Waals surface area contributed by atoms with Crippen LogP contribution in [0.1, 0.15) is 55.3 Å². The maximum absolute atomic E-state index is 12.6. The van der Waals surface area contributed by atoms with Gasteiger partial charge < -0.3 is 4.90 Å². The molecule has 3 aliphatic rings. The molecule has 1 aliphatic carbocycles. The Balaban J connectivity index is 1.53. The van der Waals surface area contributed by atoms with E-state index in [1.165, 1.54) is 11.3 Å². The van der Waals surface area contributed by atoms with Crippen molar-refractivity contribution in [3.63, 3.8) is 0 Å². The lowest BCUT2D eigenvalue weighted by molar-refractivity contribution is -0.122. The maximum atomic E-state index is 12.6. The number of carbonyl (C=O) groups is 3. The van der Waals surface area contributed by atoms with Crippen LogP contribution in [0.2, 0.25) is 0 Å². The largest absolute Gasteiger partial charge is 0.339 e. The molecule has 4 rings (SSSR count). The van der Waals surface area contributed by atoms with Crippen LogP contribution in [0.4, 0.5) is 5.69 Å². The van der Waals surface area contributed by atoms with Crippen molar-refractivity contribution in [1.29, 1.82) is 0 Å². The topological polar surface area (TPSA) is 57.7 Å². The highest BCUT2D eigenvalue weighted by Crippen LogP contribution is 2.40. The summed E-state index contributed by atoms with van der Waals surface area (Å²) in [4.78, 5) is 41.1. The molecule has 2 atom stereocenters. The molecule has 0 spiro atoms. The number of carbonyl (C=O) groups excluding carboxylic acids is 3. The molecule has 0 radical (unpaired) electrons.